The Kier molecular flexibility index (Phi) is 4.88. The molecule has 0 atom stereocenters. The average Bonchev–Trinajstić information content (AvgIpc) is 3.07. The van der Waals surface area contributed by atoms with Crippen LogP contribution in [-0.2, 0) is 12.8 Å². The van der Waals surface area contributed by atoms with Crippen molar-refractivity contribution in [2.24, 2.45) is 11.7 Å². The number of nitrogens with zero attached hydrogens (tertiary/aromatic N) is 1. The van der Waals surface area contributed by atoms with E-state index in [-0.39, 0.29) is 5.91 Å². The quantitative estimate of drug-likeness (QED) is 0.712. The lowest BCUT2D eigenvalue weighted by Gasteiger charge is -2.34. The van der Waals surface area contributed by atoms with Gasteiger partial charge in [0.2, 0.25) is 5.91 Å². The number of benzene rings is 2. The lowest BCUT2D eigenvalue weighted by atomic mass is 9.90. The largest absolute Gasteiger partial charge is 0.370 e. The number of piperidine rings is 1. The number of hydrogen-bond acceptors (Lipinski definition) is 2. The van der Waals surface area contributed by atoms with Gasteiger partial charge in [-0.2, -0.15) is 0 Å². The van der Waals surface area contributed by atoms with Crippen molar-refractivity contribution in [3.63, 3.8) is 0 Å². The molecular formula is C23H27N3O. The van der Waals surface area contributed by atoms with Gasteiger partial charge in [0, 0.05) is 35.2 Å². The zero-order chi connectivity index (χ0) is 18.8. The van der Waals surface area contributed by atoms with Gasteiger partial charge in [-0.15, -0.1) is 0 Å². The maximum atomic E-state index is 11.6. The molecule has 1 fully saturated rings. The highest BCUT2D eigenvalue weighted by Crippen LogP contribution is 2.35. The van der Waals surface area contributed by atoms with E-state index >= 15 is 0 Å². The van der Waals surface area contributed by atoms with E-state index in [1.165, 1.54) is 29.8 Å². The van der Waals surface area contributed by atoms with Gasteiger partial charge in [-0.3, -0.25) is 4.79 Å². The van der Waals surface area contributed by atoms with Crippen LogP contribution in [0.1, 0.15) is 41.4 Å². The number of rotatable bonds is 5. The molecule has 1 aliphatic heterocycles. The van der Waals surface area contributed by atoms with Crippen LogP contribution in [0.5, 0.6) is 0 Å². The highest BCUT2D eigenvalue weighted by molar-refractivity contribution is 6.02. The molecule has 140 valence electrons. The number of aromatic amines is 1. The van der Waals surface area contributed by atoms with Crippen molar-refractivity contribution in [2.75, 3.05) is 18.0 Å². The van der Waals surface area contributed by atoms with Crippen LogP contribution in [0.15, 0.2) is 48.5 Å². The van der Waals surface area contributed by atoms with Crippen molar-refractivity contribution in [1.82, 2.24) is 4.98 Å². The van der Waals surface area contributed by atoms with Gasteiger partial charge >= 0.3 is 0 Å². The molecule has 1 saturated heterocycles. The number of carbonyl (C=O) groups excluding carboxylic acids is 1. The lowest BCUT2D eigenvalue weighted by Crippen LogP contribution is -2.34. The molecule has 2 heterocycles. The van der Waals surface area contributed by atoms with E-state index in [1.54, 1.807) is 6.07 Å². The summed E-state index contributed by atoms with van der Waals surface area (Å²) in [7, 11) is 0. The molecule has 0 unspecified atom stereocenters. The van der Waals surface area contributed by atoms with Crippen LogP contribution in [0.3, 0.4) is 0 Å². The van der Waals surface area contributed by atoms with Crippen molar-refractivity contribution in [3.8, 4) is 0 Å². The fraction of sp³-hybridized carbons (Fsp3) is 0.348. The molecule has 2 aromatic carbocycles. The smallest absolute Gasteiger partial charge is 0.248 e. The van der Waals surface area contributed by atoms with E-state index in [1.807, 2.05) is 12.1 Å². The number of carbonyl (C=O) groups is 1. The second-order valence-corrected chi connectivity index (χ2v) is 7.55. The van der Waals surface area contributed by atoms with Crippen LogP contribution in [0.4, 0.5) is 5.69 Å². The molecule has 3 aromatic rings. The topological polar surface area (TPSA) is 62.1 Å². The zero-order valence-corrected chi connectivity index (χ0v) is 15.9. The molecule has 1 amide bonds. The summed E-state index contributed by atoms with van der Waals surface area (Å²) < 4.78 is 0. The molecule has 4 rings (SSSR count). The number of hydrogen-bond donors (Lipinski definition) is 2. The minimum atomic E-state index is -0.372. The van der Waals surface area contributed by atoms with Crippen LogP contribution in [0.25, 0.3) is 10.9 Å². The predicted molar refractivity (Wildman–Crippen MR) is 111 cm³/mol. The number of aromatic nitrogens is 1. The molecule has 0 saturated carbocycles. The minimum absolute atomic E-state index is 0.372. The Balaban J connectivity index is 1.56. The molecule has 4 heteroatoms. The summed E-state index contributed by atoms with van der Waals surface area (Å²) >= 11 is 0. The maximum Gasteiger partial charge on any atom is 0.248 e. The zero-order valence-electron chi connectivity index (χ0n) is 15.9. The molecule has 0 aliphatic carbocycles. The van der Waals surface area contributed by atoms with Gasteiger partial charge in [0.1, 0.15) is 0 Å². The molecule has 3 N–H and O–H groups in total. The maximum absolute atomic E-state index is 11.6. The SMILES string of the molecule is CCc1[nH]c2ccc(C(N)=O)cc2c1N1CCC(Cc2ccccc2)CC1. The number of nitrogens with two attached hydrogens (primary N) is 1. The van der Waals surface area contributed by atoms with Crippen LogP contribution in [0, 0.1) is 5.92 Å². The molecular weight excluding hydrogens is 334 g/mol. The first-order valence-corrected chi connectivity index (χ1v) is 9.89. The summed E-state index contributed by atoms with van der Waals surface area (Å²) in [6, 6.07) is 16.5. The molecule has 0 radical (unpaired) electrons. The lowest BCUT2D eigenvalue weighted by molar-refractivity contribution is 0.100. The number of fused-ring (bicyclic) bond motifs is 1. The van der Waals surface area contributed by atoms with Gasteiger partial charge in [0.25, 0.3) is 0 Å². The third kappa shape index (κ3) is 3.57. The first-order valence-electron chi connectivity index (χ1n) is 9.89. The van der Waals surface area contributed by atoms with Crippen LogP contribution in [-0.4, -0.2) is 24.0 Å². The van der Waals surface area contributed by atoms with Gasteiger partial charge < -0.3 is 15.6 Å². The van der Waals surface area contributed by atoms with E-state index in [0.29, 0.717) is 5.56 Å². The van der Waals surface area contributed by atoms with Gasteiger partial charge in [0.05, 0.1) is 5.69 Å². The molecule has 1 aliphatic rings. The Labute approximate surface area is 160 Å². The van der Waals surface area contributed by atoms with Crippen LogP contribution < -0.4 is 10.6 Å². The Morgan fingerprint density at radius 2 is 1.89 bits per heavy atom. The van der Waals surface area contributed by atoms with E-state index in [9.17, 15) is 4.79 Å². The number of amides is 1. The van der Waals surface area contributed by atoms with Crippen LogP contribution in [0.2, 0.25) is 0 Å². The Bertz CT molecular complexity index is 937. The second-order valence-electron chi connectivity index (χ2n) is 7.55. The fourth-order valence-electron chi connectivity index (χ4n) is 4.31. The fourth-order valence-corrected chi connectivity index (χ4v) is 4.31. The standard InChI is InChI=1S/C23H27N3O/c1-2-20-22(19-15-18(23(24)27)8-9-21(19)25-20)26-12-10-17(11-13-26)14-16-6-4-3-5-7-16/h3-9,15,17,25H,2,10-14H2,1H3,(H2,24,27). The van der Waals surface area contributed by atoms with Crippen LogP contribution >= 0.6 is 0 Å². The Morgan fingerprint density at radius 3 is 2.56 bits per heavy atom. The third-order valence-electron chi connectivity index (χ3n) is 5.78. The van der Waals surface area contributed by atoms with Gasteiger partial charge in [0.15, 0.2) is 0 Å². The monoisotopic (exact) mass is 361 g/mol. The Hall–Kier alpha value is -2.75. The van der Waals surface area contributed by atoms with Gasteiger partial charge in [-0.05, 0) is 55.4 Å². The molecule has 0 bridgehead atoms. The van der Waals surface area contributed by atoms with Crippen molar-refractivity contribution < 1.29 is 4.79 Å². The third-order valence-corrected chi connectivity index (χ3v) is 5.78. The highest BCUT2D eigenvalue weighted by Gasteiger charge is 2.24. The number of anilines is 1. The summed E-state index contributed by atoms with van der Waals surface area (Å²) in [5.41, 5.74) is 11.1. The first kappa shape index (κ1) is 17.7. The van der Waals surface area contributed by atoms with E-state index in [4.69, 9.17) is 5.73 Å². The van der Waals surface area contributed by atoms with E-state index in [2.05, 4.69) is 47.1 Å². The van der Waals surface area contributed by atoms with E-state index < -0.39 is 0 Å². The summed E-state index contributed by atoms with van der Waals surface area (Å²) in [6.45, 7) is 4.28. The van der Waals surface area contributed by atoms with Crippen molar-refractivity contribution in [1.29, 1.82) is 0 Å². The molecule has 0 spiro atoms. The molecule has 4 nitrogen and oxygen atoms in total. The first-order chi connectivity index (χ1) is 13.2. The van der Waals surface area contributed by atoms with E-state index in [0.717, 1.165) is 42.8 Å². The predicted octanol–water partition coefficient (Wildman–Crippen LogP) is 4.29. The van der Waals surface area contributed by atoms with Crippen molar-refractivity contribution in [2.45, 2.75) is 32.6 Å². The normalized spacial score (nSPS) is 15.4. The van der Waals surface area contributed by atoms with Gasteiger partial charge in [-0.25, -0.2) is 0 Å². The summed E-state index contributed by atoms with van der Waals surface area (Å²) in [4.78, 5) is 17.6. The number of aryl methyl sites for hydroxylation is 1. The number of primary amides is 1. The molecule has 1 aromatic heterocycles. The summed E-state index contributed by atoms with van der Waals surface area (Å²) in [5.74, 6) is 0.365. The summed E-state index contributed by atoms with van der Waals surface area (Å²) in [6.07, 6.45) is 4.50. The Morgan fingerprint density at radius 1 is 1.15 bits per heavy atom. The second kappa shape index (κ2) is 7.47. The minimum Gasteiger partial charge on any atom is -0.370 e. The van der Waals surface area contributed by atoms with Gasteiger partial charge in [-0.1, -0.05) is 37.3 Å². The highest BCUT2D eigenvalue weighted by atomic mass is 16.1. The van der Waals surface area contributed by atoms with Crippen molar-refractivity contribution in [3.05, 3.63) is 65.4 Å². The number of H-pyrrole nitrogens is 1. The number of nitrogens with one attached hydrogen (secondary N) is 1. The average molecular weight is 361 g/mol. The molecule has 27 heavy (non-hydrogen) atoms. The van der Waals surface area contributed by atoms with Crippen molar-refractivity contribution >= 4 is 22.5 Å². The summed E-state index contributed by atoms with van der Waals surface area (Å²) in [5, 5.41) is 1.12.